The van der Waals surface area contributed by atoms with E-state index in [1.54, 1.807) is 0 Å². The van der Waals surface area contributed by atoms with E-state index in [-0.39, 0.29) is 0 Å². The highest BCUT2D eigenvalue weighted by atomic mass is 16.3. The zero-order chi connectivity index (χ0) is 48.5. The predicted octanol–water partition coefficient (Wildman–Crippen LogP) is 19.0. The zero-order valence-electron chi connectivity index (χ0n) is 40.2. The zero-order valence-corrected chi connectivity index (χ0v) is 40.2. The average molecular weight is 941 g/mol. The molecule has 3 heteroatoms. The monoisotopic (exact) mass is 940 g/mol. The molecule has 0 N–H and O–H groups in total. The molecule has 0 saturated heterocycles. The molecule has 0 fully saturated rings. The van der Waals surface area contributed by atoms with Gasteiger partial charge in [0.15, 0.2) is 0 Å². The lowest BCUT2D eigenvalue weighted by atomic mass is 9.65. The number of hydrogen-bond donors (Lipinski definition) is 0. The van der Waals surface area contributed by atoms with Crippen LogP contribution in [0, 0.1) is 0 Å². The smallest absolute Gasteiger partial charge is 0.136 e. The van der Waals surface area contributed by atoms with Crippen LogP contribution in [-0.2, 0) is 5.41 Å². The van der Waals surface area contributed by atoms with Crippen molar-refractivity contribution in [3.63, 3.8) is 0 Å². The number of aromatic nitrogens is 1. The molecule has 344 valence electrons. The Kier molecular flexibility index (Phi) is 8.66. The summed E-state index contributed by atoms with van der Waals surface area (Å²) in [6.07, 6.45) is 0. The third-order valence-corrected chi connectivity index (χ3v) is 16.2. The lowest BCUT2D eigenvalue weighted by Gasteiger charge is -2.39. The molecule has 1 aliphatic heterocycles. The molecule has 0 radical (unpaired) electrons. The van der Waals surface area contributed by atoms with Crippen LogP contribution in [0.15, 0.2) is 271 Å². The van der Waals surface area contributed by atoms with Crippen LogP contribution in [0.1, 0.15) is 22.3 Å². The molecule has 3 heterocycles. The van der Waals surface area contributed by atoms with Crippen LogP contribution in [0.25, 0.3) is 105 Å². The summed E-state index contributed by atoms with van der Waals surface area (Å²) in [5, 5.41) is 7.26. The van der Waals surface area contributed by atoms with Crippen molar-refractivity contribution in [2.24, 2.45) is 0 Å². The molecular weight excluding hydrogens is 897 g/mol. The first-order valence-corrected chi connectivity index (χ1v) is 25.6. The Morgan fingerprint density at radius 3 is 1.78 bits per heavy atom. The highest BCUT2D eigenvalue weighted by Crippen LogP contribution is 2.63. The Hall–Kier alpha value is -9.70. The van der Waals surface area contributed by atoms with Gasteiger partial charge < -0.3 is 13.9 Å². The molecule has 2 aromatic heterocycles. The standard InChI is InChI=1S/C71H44N2O/c1-2-20-49-46(18-1)19-15-27-50(49)51-21-3-4-22-52(51)53-23-6-11-33-63(53)72(48-41-38-45(39-42-48)47-40-43-56-55-25-8-14-37-67(55)74-68(56)44-47)66-36-17-31-61-69(66)58-26-5-9-29-59(58)71(61)60-30-10-13-35-65(60)73-64-34-12-7-24-54(64)57-28-16-32-62(71)70(57)73/h1-44H. The van der Waals surface area contributed by atoms with Crippen molar-refractivity contribution in [1.82, 2.24) is 4.57 Å². The highest BCUT2D eigenvalue weighted by molar-refractivity contribution is 6.14. The van der Waals surface area contributed by atoms with Crippen molar-refractivity contribution in [1.29, 1.82) is 0 Å². The van der Waals surface area contributed by atoms with Gasteiger partial charge in [0, 0.05) is 38.4 Å². The number of benzene rings is 12. The molecule has 0 bridgehead atoms. The fraction of sp³-hybridized carbons (Fsp3) is 0.0141. The second-order valence-corrected chi connectivity index (χ2v) is 19.8. The third-order valence-electron chi connectivity index (χ3n) is 16.2. The lowest BCUT2D eigenvalue weighted by molar-refractivity contribution is 0.669. The number of rotatable bonds is 6. The van der Waals surface area contributed by atoms with E-state index in [0.29, 0.717) is 0 Å². The molecule has 74 heavy (non-hydrogen) atoms. The molecule has 1 spiro atoms. The van der Waals surface area contributed by atoms with Crippen LogP contribution in [0.5, 0.6) is 0 Å². The molecular formula is C71H44N2O. The maximum Gasteiger partial charge on any atom is 0.136 e. The van der Waals surface area contributed by atoms with Crippen molar-refractivity contribution in [2.75, 3.05) is 4.90 Å². The van der Waals surface area contributed by atoms with Gasteiger partial charge in [0.05, 0.1) is 33.5 Å². The summed E-state index contributed by atoms with van der Waals surface area (Å²) < 4.78 is 8.92. The Morgan fingerprint density at radius 2 is 0.905 bits per heavy atom. The fourth-order valence-electron chi connectivity index (χ4n) is 13.2. The van der Waals surface area contributed by atoms with Gasteiger partial charge in [0.25, 0.3) is 0 Å². The van der Waals surface area contributed by atoms with E-state index in [9.17, 15) is 0 Å². The van der Waals surface area contributed by atoms with Crippen molar-refractivity contribution in [2.45, 2.75) is 5.41 Å². The lowest BCUT2D eigenvalue weighted by Crippen LogP contribution is -2.33. The second-order valence-electron chi connectivity index (χ2n) is 19.8. The van der Waals surface area contributed by atoms with E-state index in [2.05, 4.69) is 264 Å². The summed E-state index contributed by atoms with van der Waals surface area (Å²) >= 11 is 0. The first-order chi connectivity index (χ1) is 36.7. The van der Waals surface area contributed by atoms with E-state index in [4.69, 9.17) is 4.42 Å². The van der Waals surface area contributed by atoms with Gasteiger partial charge in [0.1, 0.15) is 11.2 Å². The quantitative estimate of drug-likeness (QED) is 0.166. The Bertz CT molecular complexity index is 4620. The van der Waals surface area contributed by atoms with Crippen LogP contribution in [-0.4, -0.2) is 4.57 Å². The Morgan fingerprint density at radius 1 is 0.338 bits per heavy atom. The molecule has 16 rings (SSSR count). The van der Waals surface area contributed by atoms with Crippen LogP contribution in [0.3, 0.4) is 0 Å². The molecule has 0 saturated carbocycles. The van der Waals surface area contributed by atoms with Gasteiger partial charge >= 0.3 is 0 Å². The van der Waals surface area contributed by atoms with Crippen molar-refractivity contribution >= 4 is 71.6 Å². The summed E-state index contributed by atoms with van der Waals surface area (Å²) in [5.41, 5.74) is 22.8. The van der Waals surface area contributed by atoms with Gasteiger partial charge in [-0.15, -0.1) is 0 Å². The molecule has 3 nitrogen and oxygen atoms in total. The number of furan rings is 1. The van der Waals surface area contributed by atoms with Crippen LogP contribution in [0.4, 0.5) is 17.1 Å². The Labute approximate surface area is 428 Å². The van der Waals surface area contributed by atoms with E-state index >= 15 is 0 Å². The minimum atomic E-state index is -0.603. The predicted molar refractivity (Wildman–Crippen MR) is 307 cm³/mol. The fourth-order valence-corrected chi connectivity index (χ4v) is 13.2. The van der Waals surface area contributed by atoms with Crippen molar-refractivity contribution in [3.8, 4) is 50.2 Å². The molecule has 0 amide bonds. The summed E-state index contributed by atoms with van der Waals surface area (Å²) in [5.74, 6) is 0. The SMILES string of the molecule is c1ccc(-c2cccc3ccccc23)c(-c2ccccc2N(c2ccc(-c3ccc4c(c3)oc3ccccc34)cc2)c2cccc3c2-c2ccccc2C32c3ccccc3-n3c4ccccc4c4cccc2c43)c1. The first kappa shape index (κ1) is 41.0. The van der Waals surface area contributed by atoms with E-state index < -0.39 is 5.41 Å². The van der Waals surface area contributed by atoms with E-state index in [1.165, 1.54) is 88.3 Å². The van der Waals surface area contributed by atoms with Gasteiger partial charge in [0.2, 0.25) is 0 Å². The van der Waals surface area contributed by atoms with Gasteiger partial charge in [-0.05, 0) is 121 Å². The van der Waals surface area contributed by atoms with Gasteiger partial charge in [-0.25, -0.2) is 0 Å². The number of nitrogens with zero attached hydrogens (tertiary/aromatic N) is 2. The van der Waals surface area contributed by atoms with Gasteiger partial charge in [-0.2, -0.15) is 0 Å². The number of para-hydroxylation sites is 5. The maximum atomic E-state index is 6.40. The van der Waals surface area contributed by atoms with Gasteiger partial charge in [-0.1, -0.05) is 212 Å². The molecule has 1 unspecified atom stereocenters. The summed E-state index contributed by atoms with van der Waals surface area (Å²) in [7, 11) is 0. The average Bonchev–Trinajstić information content (AvgIpc) is 4.13. The summed E-state index contributed by atoms with van der Waals surface area (Å²) in [6, 6.07) is 98.6. The minimum absolute atomic E-state index is 0.603. The number of anilines is 3. The maximum absolute atomic E-state index is 6.40. The Balaban J connectivity index is 0.959. The summed E-state index contributed by atoms with van der Waals surface area (Å²) in [6.45, 7) is 0. The summed E-state index contributed by atoms with van der Waals surface area (Å²) in [4.78, 5) is 2.53. The van der Waals surface area contributed by atoms with Crippen LogP contribution < -0.4 is 4.90 Å². The molecule has 2 aliphatic rings. The molecule has 1 aliphatic carbocycles. The van der Waals surface area contributed by atoms with Crippen molar-refractivity contribution < 1.29 is 4.42 Å². The molecule has 14 aromatic rings. The number of hydrogen-bond acceptors (Lipinski definition) is 2. The van der Waals surface area contributed by atoms with E-state index in [1.807, 2.05) is 12.1 Å². The van der Waals surface area contributed by atoms with Crippen LogP contribution in [0.2, 0.25) is 0 Å². The highest BCUT2D eigenvalue weighted by Gasteiger charge is 2.51. The minimum Gasteiger partial charge on any atom is -0.456 e. The van der Waals surface area contributed by atoms with Gasteiger partial charge in [-0.3, -0.25) is 0 Å². The topological polar surface area (TPSA) is 21.3 Å². The third kappa shape index (κ3) is 5.61. The second kappa shape index (κ2) is 15.6. The van der Waals surface area contributed by atoms with E-state index in [0.717, 1.165) is 55.7 Å². The number of fused-ring (bicyclic) bond motifs is 16. The normalized spacial score (nSPS) is 14.3. The largest absolute Gasteiger partial charge is 0.456 e. The first-order valence-electron chi connectivity index (χ1n) is 25.6. The van der Waals surface area contributed by atoms with Crippen LogP contribution >= 0.6 is 0 Å². The molecule has 12 aromatic carbocycles. The van der Waals surface area contributed by atoms with Crippen molar-refractivity contribution in [3.05, 3.63) is 289 Å². The molecule has 1 atom stereocenters.